The number of nitrogens with one attached hydrogen (secondary N) is 1. The van der Waals surface area contributed by atoms with Gasteiger partial charge < -0.3 is 0 Å². The highest BCUT2D eigenvalue weighted by Gasteiger charge is 2.19. The molecule has 2 aromatic rings. The number of rotatable bonds is 4. The molecule has 1 unspecified atom stereocenters. The fraction of sp³-hybridized carbons (Fsp3) is 0.412. The van der Waals surface area contributed by atoms with E-state index in [4.69, 9.17) is 5.84 Å². The van der Waals surface area contributed by atoms with E-state index in [1.807, 2.05) is 24.3 Å². The van der Waals surface area contributed by atoms with Crippen LogP contribution < -0.4 is 11.3 Å². The van der Waals surface area contributed by atoms with E-state index in [0.29, 0.717) is 0 Å². The minimum absolute atomic E-state index is 0.0566. The van der Waals surface area contributed by atoms with Gasteiger partial charge in [0.2, 0.25) is 0 Å². The van der Waals surface area contributed by atoms with Crippen molar-refractivity contribution in [2.24, 2.45) is 5.84 Å². The average molecular weight is 304 g/mol. The van der Waals surface area contributed by atoms with Gasteiger partial charge in [-0.15, -0.1) is 11.3 Å². The Morgan fingerprint density at radius 2 is 2.10 bits per heavy atom. The van der Waals surface area contributed by atoms with E-state index in [0.717, 1.165) is 17.5 Å². The summed E-state index contributed by atoms with van der Waals surface area (Å²) in [5.41, 5.74) is 6.52. The van der Waals surface area contributed by atoms with E-state index in [1.165, 1.54) is 47.1 Å². The molecule has 2 nitrogen and oxygen atoms in total. The molecule has 1 aliphatic rings. The van der Waals surface area contributed by atoms with Crippen molar-refractivity contribution in [3.63, 3.8) is 0 Å². The normalized spacial score (nSPS) is 15.8. The Labute approximate surface area is 129 Å². The molecule has 0 fully saturated rings. The summed E-state index contributed by atoms with van der Waals surface area (Å²) in [6.45, 7) is 2.02. The molecule has 0 radical (unpaired) electrons. The third-order valence-corrected chi connectivity index (χ3v) is 5.65. The van der Waals surface area contributed by atoms with Crippen LogP contribution in [0.5, 0.6) is 0 Å². The minimum atomic E-state index is -0.183. The molecule has 1 heterocycles. The number of thiophene rings is 1. The van der Waals surface area contributed by atoms with Crippen LogP contribution in [0.15, 0.2) is 24.3 Å². The largest absolute Gasteiger partial charge is 0.271 e. The van der Waals surface area contributed by atoms with E-state index in [1.54, 1.807) is 6.07 Å². The maximum absolute atomic E-state index is 13.4. The second-order valence-corrected chi connectivity index (χ2v) is 6.97. The van der Waals surface area contributed by atoms with Crippen LogP contribution in [0, 0.1) is 12.7 Å². The topological polar surface area (TPSA) is 38.0 Å². The molecule has 3 rings (SSSR count). The molecular weight excluding hydrogens is 283 g/mol. The molecule has 1 atom stereocenters. The van der Waals surface area contributed by atoms with Crippen molar-refractivity contribution in [2.45, 2.75) is 45.1 Å². The highest BCUT2D eigenvalue weighted by Crippen LogP contribution is 2.34. The van der Waals surface area contributed by atoms with Gasteiger partial charge in [0.1, 0.15) is 5.82 Å². The predicted octanol–water partition coefficient (Wildman–Crippen LogP) is 3.82. The first-order valence-corrected chi connectivity index (χ1v) is 8.31. The van der Waals surface area contributed by atoms with Gasteiger partial charge in [-0.3, -0.25) is 11.3 Å². The Hall–Kier alpha value is -1.23. The number of benzene rings is 1. The van der Waals surface area contributed by atoms with Crippen molar-refractivity contribution in [1.29, 1.82) is 0 Å². The van der Waals surface area contributed by atoms with Crippen LogP contribution in [-0.4, -0.2) is 0 Å². The Morgan fingerprint density at radius 3 is 2.86 bits per heavy atom. The number of aryl methyl sites for hydroxylation is 3. The van der Waals surface area contributed by atoms with Gasteiger partial charge in [0.25, 0.3) is 0 Å². The quantitative estimate of drug-likeness (QED) is 0.665. The van der Waals surface area contributed by atoms with Gasteiger partial charge in [0.05, 0.1) is 6.04 Å². The molecule has 0 bridgehead atoms. The second kappa shape index (κ2) is 6.26. The van der Waals surface area contributed by atoms with Crippen molar-refractivity contribution >= 4 is 11.3 Å². The van der Waals surface area contributed by atoms with E-state index in [9.17, 15) is 4.39 Å². The molecule has 1 aromatic carbocycles. The van der Waals surface area contributed by atoms with Crippen LogP contribution in [0.2, 0.25) is 0 Å². The van der Waals surface area contributed by atoms with Crippen molar-refractivity contribution in [1.82, 2.24) is 5.43 Å². The lowest BCUT2D eigenvalue weighted by molar-refractivity contribution is 0.555. The Kier molecular flexibility index (Phi) is 4.38. The van der Waals surface area contributed by atoms with Crippen LogP contribution >= 0.6 is 11.3 Å². The molecular formula is C17H21FN2S. The van der Waals surface area contributed by atoms with Gasteiger partial charge in [-0.25, -0.2) is 4.39 Å². The first kappa shape index (κ1) is 14.7. The van der Waals surface area contributed by atoms with Crippen LogP contribution in [0.3, 0.4) is 0 Å². The summed E-state index contributed by atoms with van der Waals surface area (Å²) < 4.78 is 13.4. The Morgan fingerprint density at radius 1 is 1.29 bits per heavy atom. The number of halogens is 1. The third-order valence-electron chi connectivity index (χ3n) is 4.30. The van der Waals surface area contributed by atoms with Crippen molar-refractivity contribution in [3.8, 4) is 0 Å². The van der Waals surface area contributed by atoms with Gasteiger partial charge in [-0.2, -0.15) is 0 Å². The standard InChI is InChI=1S/C17H21FN2S/c1-11-6-7-14(18)8-13(11)9-15(20-19)17-10-12-4-2-3-5-16(12)21-17/h6-8,10,15,20H,2-5,9,19H2,1H3. The lowest BCUT2D eigenvalue weighted by Gasteiger charge is -2.16. The molecule has 1 aliphatic carbocycles. The zero-order valence-electron chi connectivity index (χ0n) is 12.3. The monoisotopic (exact) mass is 304 g/mol. The summed E-state index contributed by atoms with van der Waals surface area (Å²) in [5, 5.41) is 0. The van der Waals surface area contributed by atoms with Gasteiger partial charge in [-0.05, 0) is 73.9 Å². The van der Waals surface area contributed by atoms with Crippen LogP contribution in [-0.2, 0) is 19.3 Å². The number of nitrogens with two attached hydrogens (primary N) is 1. The van der Waals surface area contributed by atoms with Crippen molar-refractivity contribution in [2.75, 3.05) is 0 Å². The number of hydrogen-bond donors (Lipinski definition) is 2. The van der Waals surface area contributed by atoms with Gasteiger partial charge in [0, 0.05) is 9.75 Å². The lowest BCUT2D eigenvalue weighted by atomic mass is 9.97. The maximum atomic E-state index is 13.4. The Balaban J connectivity index is 1.84. The zero-order valence-corrected chi connectivity index (χ0v) is 13.1. The average Bonchev–Trinajstić information content (AvgIpc) is 2.91. The van der Waals surface area contributed by atoms with E-state index in [-0.39, 0.29) is 11.9 Å². The number of hydrazine groups is 1. The lowest BCUT2D eigenvalue weighted by Crippen LogP contribution is -2.29. The molecule has 0 saturated carbocycles. The fourth-order valence-electron chi connectivity index (χ4n) is 3.01. The first-order valence-electron chi connectivity index (χ1n) is 7.50. The van der Waals surface area contributed by atoms with E-state index >= 15 is 0 Å². The summed E-state index contributed by atoms with van der Waals surface area (Å²) in [4.78, 5) is 2.78. The highest BCUT2D eigenvalue weighted by molar-refractivity contribution is 7.12. The Bertz CT molecular complexity index is 612. The third kappa shape index (κ3) is 3.18. The first-order chi connectivity index (χ1) is 10.2. The minimum Gasteiger partial charge on any atom is -0.271 e. The summed E-state index contributed by atoms with van der Waals surface area (Å²) >= 11 is 1.86. The number of hydrogen-bond acceptors (Lipinski definition) is 3. The second-order valence-electron chi connectivity index (χ2n) is 5.80. The molecule has 0 spiro atoms. The summed E-state index contributed by atoms with van der Waals surface area (Å²) in [6, 6.07) is 7.30. The molecule has 112 valence electrons. The summed E-state index contributed by atoms with van der Waals surface area (Å²) in [5.74, 6) is 5.58. The molecule has 1 aromatic heterocycles. The van der Waals surface area contributed by atoms with Crippen LogP contribution in [0.4, 0.5) is 4.39 Å². The maximum Gasteiger partial charge on any atom is 0.123 e. The van der Waals surface area contributed by atoms with Crippen LogP contribution in [0.25, 0.3) is 0 Å². The van der Waals surface area contributed by atoms with Gasteiger partial charge >= 0.3 is 0 Å². The molecule has 4 heteroatoms. The van der Waals surface area contributed by atoms with Crippen molar-refractivity contribution < 1.29 is 4.39 Å². The molecule has 21 heavy (non-hydrogen) atoms. The fourth-order valence-corrected chi connectivity index (χ4v) is 4.32. The molecule has 0 saturated heterocycles. The molecule has 0 aliphatic heterocycles. The van der Waals surface area contributed by atoms with Gasteiger partial charge in [-0.1, -0.05) is 6.07 Å². The molecule has 3 N–H and O–H groups in total. The van der Waals surface area contributed by atoms with Gasteiger partial charge in [0.15, 0.2) is 0 Å². The van der Waals surface area contributed by atoms with E-state index in [2.05, 4.69) is 11.5 Å². The zero-order chi connectivity index (χ0) is 14.8. The summed E-state index contributed by atoms with van der Waals surface area (Å²) in [7, 11) is 0. The van der Waals surface area contributed by atoms with Crippen molar-refractivity contribution in [3.05, 3.63) is 56.5 Å². The highest BCUT2D eigenvalue weighted by atomic mass is 32.1. The summed E-state index contributed by atoms with van der Waals surface area (Å²) in [6.07, 6.45) is 5.67. The smallest absolute Gasteiger partial charge is 0.123 e. The number of fused-ring (bicyclic) bond motifs is 1. The predicted molar refractivity (Wildman–Crippen MR) is 85.9 cm³/mol. The molecule has 0 amide bonds. The van der Waals surface area contributed by atoms with E-state index < -0.39 is 0 Å². The SMILES string of the molecule is Cc1ccc(F)cc1CC(NN)c1cc2c(s1)CCCC2. The van der Waals surface area contributed by atoms with Crippen LogP contribution in [0.1, 0.15) is 45.3 Å².